The maximum Gasteiger partial charge on any atom is 0.318 e. The Kier molecular flexibility index (Phi) is 3.95. The number of aliphatic hydroxyl groups excluding tert-OH is 1. The Bertz CT molecular complexity index is 399. The molecule has 0 spiro atoms. The molecular weight excluding hydrogens is 246 g/mol. The van der Waals surface area contributed by atoms with E-state index in [0.717, 1.165) is 32.7 Å². The van der Waals surface area contributed by atoms with E-state index in [9.17, 15) is 0 Å². The first-order valence-electron chi connectivity index (χ1n) is 6.99. The van der Waals surface area contributed by atoms with Gasteiger partial charge in [-0.05, 0) is 12.8 Å². The molecule has 1 aromatic heterocycles. The minimum Gasteiger partial charge on any atom is -0.407 e. The third-order valence-electron chi connectivity index (χ3n) is 3.63. The van der Waals surface area contributed by atoms with Crippen molar-refractivity contribution in [2.24, 2.45) is 0 Å². The van der Waals surface area contributed by atoms with Crippen molar-refractivity contribution in [3.05, 3.63) is 5.89 Å². The number of aliphatic hydroxyl groups is 1. The topological polar surface area (TPSA) is 77.7 Å². The number of rotatable bonds is 6. The van der Waals surface area contributed by atoms with E-state index in [1.807, 2.05) is 0 Å². The molecule has 1 saturated carbocycles. The summed E-state index contributed by atoms with van der Waals surface area (Å²) in [6.07, 6.45) is 2.52. The van der Waals surface area contributed by atoms with E-state index in [0.29, 0.717) is 24.5 Å². The second-order valence-corrected chi connectivity index (χ2v) is 5.19. The maximum absolute atomic E-state index is 8.91. The SMILES string of the molecule is OCCN1CCN(c2nnc(CNC3CC3)o2)CC1. The molecule has 1 saturated heterocycles. The summed E-state index contributed by atoms with van der Waals surface area (Å²) in [5.74, 6) is 0.666. The largest absolute Gasteiger partial charge is 0.407 e. The molecule has 0 atom stereocenters. The molecule has 2 heterocycles. The van der Waals surface area contributed by atoms with Crippen LogP contribution in [0.4, 0.5) is 6.01 Å². The number of nitrogens with one attached hydrogen (secondary N) is 1. The fourth-order valence-electron chi connectivity index (χ4n) is 2.27. The summed E-state index contributed by atoms with van der Waals surface area (Å²) in [6, 6.07) is 1.27. The number of hydrogen-bond donors (Lipinski definition) is 2. The molecule has 106 valence electrons. The van der Waals surface area contributed by atoms with Crippen LogP contribution in [-0.2, 0) is 6.54 Å². The highest BCUT2D eigenvalue weighted by molar-refractivity contribution is 5.25. The van der Waals surface area contributed by atoms with Crippen LogP contribution >= 0.6 is 0 Å². The Morgan fingerprint density at radius 2 is 2.00 bits per heavy atom. The Labute approximate surface area is 112 Å². The van der Waals surface area contributed by atoms with Crippen LogP contribution in [0.25, 0.3) is 0 Å². The van der Waals surface area contributed by atoms with Gasteiger partial charge in [0.15, 0.2) is 0 Å². The van der Waals surface area contributed by atoms with Gasteiger partial charge in [0.25, 0.3) is 0 Å². The lowest BCUT2D eigenvalue weighted by atomic mass is 10.3. The van der Waals surface area contributed by atoms with Crippen molar-refractivity contribution in [3.8, 4) is 0 Å². The van der Waals surface area contributed by atoms with Gasteiger partial charge >= 0.3 is 6.01 Å². The zero-order valence-electron chi connectivity index (χ0n) is 11.1. The molecule has 2 N–H and O–H groups in total. The van der Waals surface area contributed by atoms with Crippen molar-refractivity contribution in [1.82, 2.24) is 20.4 Å². The molecule has 0 amide bonds. The molecule has 7 heteroatoms. The second kappa shape index (κ2) is 5.85. The summed E-state index contributed by atoms with van der Waals surface area (Å²) >= 11 is 0. The van der Waals surface area contributed by atoms with Crippen molar-refractivity contribution >= 4 is 6.01 Å². The number of hydrogen-bond acceptors (Lipinski definition) is 7. The van der Waals surface area contributed by atoms with Gasteiger partial charge in [-0.2, -0.15) is 0 Å². The predicted octanol–water partition coefficient (Wildman–Crippen LogP) is -0.564. The summed E-state index contributed by atoms with van der Waals surface area (Å²) in [7, 11) is 0. The average Bonchev–Trinajstić information content (AvgIpc) is 3.15. The lowest BCUT2D eigenvalue weighted by molar-refractivity contribution is 0.187. The smallest absolute Gasteiger partial charge is 0.318 e. The number of β-amino-alcohol motifs (C(OH)–C–C–N with tert-alkyl or cyclic N) is 1. The van der Waals surface area contributed by atoms with Gasteiger partial charge in [-0.15, -0.1) is 5.10 Å². The fourth-order valence-corrected chi connectivity index (χ4v) is 2.27. The third kappa shape index (κ3) is 3.43. The first-order valence-corrected chi connectivity index (χ1v) is 6.99. The Balaban J connectivity index is 1.48. The van der Waals surface area contributed by atoms with E-state index < -0.39 is 0 Å². The van der Waals surface area contributed by atoms with Crippen molar-refractivity contribution < 1.29 is 9.52 Å². The zero-order chi connectivity index (χ0) is 13.1. The molecule has 2 fully saturated rings. The van der Waals surface area contributed by atoms with Gasteiger partial charge < -0.3 is 19.7 Å². The normalized spacial score (nSPS) is 21.0. The molecule has 19 heavy (non-hydrogen) atoms. The maximum atomic E-state index is 8.91. The number of nitrogens with zero attached hydrogens (tertiary/aromatic N) is 4. The summed E-state index contributed by atoms with van der Waals surface area (Å²) in [6.45, 7) is 5.24. The highest BCUT2D eigenvalue weighted by Crippen LogP contribution is 2.20. The standard InChI is InChI=1S/C12H21N5O2/c18-8-7-16-3-5-17(6-4-16)12-15-14-11(19-12)9-13-10-1-2-10/h10,13,18H,1-9H2. The van der Waals surface area contributed by atoms with Crippen LogP contribution in [0.5, 0.6) is 0 Å². The average molecular weight is 267 g/mol. The van der Waals surface area contributed by atoms with Gasteiger partial charge in [-0.1, -0.05) is 5.10 Å². The van der Waals surface area contributed by atoms with Gasteiger partial charge in [-0.25, -0.2) is 0 Å². The predicted molar refractivity (Wildman–Crippen MR) is 69.9 cm³/mol. The minimum atomic E-state index is 0.220. The van der Waals surface area contributed by atoms with Crippen LogP contribution < -0.4 is 10.2 Å². The molecule has 0 aromatic carbocycles. The molecular formula is C12H21N5O2. The monoisotopic (exact) mass is 267 g/mol. The van der Waals surface area contributed by atoms with Crippen LogP contribution in [0, 0.1) is 0 Å². The van der Waals surface area contributed by atoms with E-state index in [1.54, 1.807) is 0 Å². The Morgan fingerprint density at radius 1 is 1.21 bits per heavy atom. The van der Waals surface area contributed by atoms with Gasteiger partial charge in [0.2, 0.25) is 5.89 Å². The fraction of sp³-hybridized carbons (Fsp3) is 0.833. The Hall–Kier alpha value is -1.18. The zero-order valence-corrected chi connectivity index (χ0v) is 11.1. The van der Waals surface area contributed by atoms with Crippen LogP contribution in [0.2, 0.25) is 0 Å². The van der Waals surface area contributed by atoms with E-state index in [-0.39, 0.29) is 6.61 Å². The van der Waals surface area contributed by atoms with Gasteiger partial charge in [0.05, 0.1) is 13.2 Å². The molecule has 1 aliphatic carbocycles. The highest BCUT2D eigenvalue weighted by Gasteiger charge is 2.23. The van der Waals surface area contributed by atoms with Gasteiger partial charge in [0, 0.05) is 38.8 Å². The Morgan fingerprint density at radius 3 is 2.68 bits per heavy atom. The van der Waals surface area contributed by atoms with E-state index in [1.165, 1.54) is 12.8 Å². The van der Waals surface area contributed by atoms with E-state index in [2.05, 4.69) is 25.3 Å². The van der Waals surface area contributed by atoms with Crippen LogP contribution in [0.15, 0.2) is 4.42 Å². The number of piperazine rings is 1. The lowest BCUT2D eigenvalue weighted by Gasteiger charge is -2.33. The van der Waals surface area contributed by atoms with Crippen molar-refractivity contribution in [2.75, 3.05) is 44.2 Å². The molecule has 0 bridgehead atoms. The highest BCUT2D eigenvalue weighted by atomic mass is 16.4. The molecule has 0 unspecified atom stereocenters. The molecule has 0 radical (unpaired) electrons. The number of anilines is 1. The molecule has 7 nitrogen and oxygen atoms in total. The molecule has 1 aliphatic heterocycles. The number of aromatic nitrogens is 2. The van der Waals surface area contributed by atoms with Crippen LogP contribution in [-0.4, -0.2) is 65.6 Å². The summed E-state index contributed by atoms with van der Waals surface area (Å²) in [5, 5.41) is 20.5. The second-order valence-electron chi connectivity index (χ2n) is 5.19. The minimum absolute atomic E-state index is 0.220. The van der Waals surface area contributed by atoms with Gasteiger partial charge in [-0.3, -0.25) is 4.90 Å². The van der Waals surface area contributed by atoms with E-state index >= 15 is 0 Å². The third-order valence-corrected chi connectivity index (χ3v) is 3.63. The van der Waals surface area contributed by atoms with Gasteiger partial charge in [0.1, 0.15) is 0 Å². The molecule has 2 aliphatic rings. The summed E-state index contributed by atoms with van der Waals surface area (Å²) in [5.41, 5.74) is 0. The van der Waals surface area contributed by atoms with Crippen molar-refractivity contribution in [1.29, 1.82) is 0 Å². The van der Waals surface area contributed by atoms with Crippen LogP contribution in [0.3, 0.4) is 0 Å². The quantitative estimate of drug-likeness (QED) is 0.715. The van der Waals surface area contributed by atoms with Crippen LogP contribution in [0.1, 0.15) is 18.7 Å². The first kappa shape index (κ1) is 12.8. The summed E-state index contributed by atoms with van der Waals surface area (Å²) in [4.78, 5) is 4.35. The summed E-state index contributed by atoms with van der Waals surface area (Å²) < 4.78 is 5.67. The van der Waals surface area contributed by atoms with Crippen molar-refractivity contribution in [3.63, 3.8) is 0 Å². The van der Waals surface area contributed by atoms with E-state index in [4.69, 9.17) is 9.52 Å². The lowest BCUT2D eigenvalue weighted by Crippen LogP contribution is -2.47. The molecule has 1 aromatic rings. The molecule has 3 rings (SSSR count). The van der Waals surface area contributed by atoms with Crippen molar-refractivity contribution in [2.45, 2.75) is 25.4 Å². The first-order chi connectivity index (χ1) is 9.35.